The lowest BCUT2D eigenvalue weighted by Crippen LogP contribution is -2.32. The molecule has 1 amide bonds. The largest absolute Gasteiger partial charge is 0.352 e. The van der Waals surface area contributed by atoms with Gasteiger partial charge in [0.2, 0.25) is 5.95 Å². The number of hydrogen-bond acceptors (Lipinski definition) is 4. The molecular weight excluding hydrogens is 376 g/mol. The van der Waals surface area contributed by atoms with Crippen molar-refractivity contribution in [2.75, 3.05) is 24.5 Å². The maximum atomic E-state index is 13.4. The highest BCUT2D eigenvalue weighted by atomic mass is 16.1. The average Bonchev–Trinajstić information content (AvgIpc) is 3.29. The molecule has 1 aromatic heterocycles. The van der Waals surface area contributed by atoms with Crippen LogP contribution in [0.15, 0.2) is 53.3 Å². The monoisotopic (exact) mass is 404 g/mol. The molecule has 1 N–H and O–H groups in total. The zero-order valence-corrected chi connectivity index (χ0v) is 17.6. The summed E-state index contributed by atoms with van der Waals surface area (Å²) in [7, 11) is 0. The maximum absolute atomic E-state index is 13.4. The van der Waals surface area contributed by atoms with Crippen LogP contribution in [0.2, 0.25) is 0 Å². The highest BCUT2D eigenvalue weighted by molar-refractivity contribution is 5.97. The Balaban J connectivity index is 1.77. The lowest BCUT2D eigenvalue weighted by molar-refractivity contribution is 0.0949. The molecule has 0 atom stereocenters. The first-order valence-electron chi connectivity index (χ1n) is 10.6. The van der Waals surface area contributed by atoms with Gasteiger partial charge in [-0.25, -0.2) is 4.98 Å². The molecule has 1 saturated heterocycles. The van der Waals surface area contributed by atoms with Crippen LogP contribution in [0.1, 0.15) is 42.6 Å². The number of fused-ring (bicyclic) bond motifs is 1. The van der Waals surface area contributed by atoms with Crippen molar-refractivity contribution in [3.63, 3.8) is 0 Å². The van der Waals surface area contributed by atoms with Gasteiger partial charge in [0.1, 0.15) is 0 Å². The highest BCUT2D eigenvalue weighted by Gasteiger charge is 2.21. The minimum absolute atomic E-state index is 0.0695. The first-order valence-corrected chi connectivity index (χ1v) is 10.6. The molecule has 1 fully saturated rings. The zero-order valence-electron chi connectivity index (χ0n) is 17.6. The molecule has 3 aromatic rings. The van der Waals surface area contributed by atoms with Crippen molar-refractivity contribution < 1.29 is 4.79 Å². The molecule has 0 unspecified atom stereocenters. The van der Waals surface area contributed by atoms with Crippen molar-refractivity contribution in [3.8, 4) is 0 Å². The predicted octanol–water partition coefficient (Wildman–Crippen LogP) is 3.43. The van der Waals surface area contributed by atoms with Crippen molar-refractivity contribution in [2.24, 2.45) is 5.92 Å². The van der Waals surface area contributed by atoms with E-state index in [9.17, 15) is 9.59 Å². The Kier molecular flexibility index (Phi) is 5.84. The Morgan fingerprint density at radius 1 is 1.10 bits per heavy atom. The van der Waals surface area contributed by atoms with E-state index >= 15 is 0 Å². The summed E-state index contributed by atoms with van der Waals surface area (Å²) in [4.78, 5) is 32.9. The van der Waals surface area contributed by atoms with Crippen LogP contribution in [0.25, 0.3) is 10.9 Å². The molecule has 6 nitrogen and oxygen atoms in total. The fourth-order valence-corrected chi connectivity index (χ4v) is 3.82. The van der Waals surface area contributed by atoms with E-state index in [1.165, 1.54) is 0 Å². The van der Waals surface area contributed by atoms with E-state index < -0.39 is 0 Å². The molecular formula is C24H28N4O2. The second-order valence-corrected chi connectivity index (χ2v) is 8.32. The number of hydrogen-bond donors (Lipinski definition) is 1. The van der Waals surface area contributed by atoms with Crippen LogP contribution in [0, 0.1) is 5.92 Å². The van der Waals surface area contributed by atoms with Crippen molar-refractivity contribution in [2.45, 2.75) is 33.2 Å². The standard InChI is InChI=1S/C24H28N4O2/c1-17(2)15-25-22(29)19-10-11-20-21(14-19)26-24(27-12-6-7-13-27)28(23(20)30)16-18-8-4-3-5-9-18/h3-5,8-11,14,17H,6-7,12-13,15-16H2,1-2H3,(H,25,29). The van der Waals surface area contributed by atoms with Crippen molar-refractivity contribution in [1.29, 1.82) is 0 Å². The summed E-state index contributed by atoms with van der Waals surface area (Å²) in [5.41, 5.74) is 2.09. The SMILES string of the molecule is CC(C)CNC(=O)c1ccc2c(=O)n(Cc3ccccc3)c(N3CCCC3)nc2c1. The first kappa shape index (κ1) is 20.1. The number of nitrogens with one attached hydrogen (secondary N) is 1. The Morgan fingerprint density at radius 3 is 2.53 bits per heavy atom. The van der Waals surface area contributed by atoms with Gasteiger partial charge >= 0.3 is 0 Å². The highest BCUT2D eigenvalue weighted by Crippen LogP contribution is 2.21. The minimum Gasteiger partial charge on any atom is -0.352 e. The number of carbonyl (C=O) groups excluding carboxylic acids is 1. The predicted molar refractivity (Wildman–Crippen MR) is 120 cm³/mol. The molecule has 0 aliphatic carbocycles. The molecule has 30 heavy (non-hydrogen) atoms. The summed E-state index contributed by atoms with van der Waals surface area (Å²) in [5, 5.41) is 3.47. The van der Waals surface area contributed by atoms with Gasteiger partial charge in [0.25, 0.3) is 11.5 Å². The van der Waals surface area contributed by atoms with Crippen LogP contribution in [0.4, 0.5) is 5.95 Å². The third-order valence-electron chi connectivity index (χ3n) is 5.44. The summed E-state index contributed by atoms with van der Waals surface area (Å²) in [6.45, 7) is 6.98. The van der Waals surface area contributed by atoms with Crippen molar-refractivity contribution in [3.05, 3.63) is 70.0 Å². The van der Waals surface area contributed by atoms with E-state index in [0.29, 0.717) is 41.4 Å². The van der Waals surface area contributed by atoms with Crippen LogP contribution in [-0.2, 0) is 6.54 Å². The number of amides is 1. The van der Waals surface area contributed by atoms with Gasteiger partial charge in [0.05, 0.1) is 17.4 Å². The van der Waals surface area contributed by atoms with Gasteiger partial charge in [-0.2, -0.15) is 0 Å². The van der Waals surface area contributed by atoms with Gasteiger partial charge < -0.3 is 10.2 Å². The molecule has 2 aromatic carbocycles. The van der Waals surface area contributed by atoms with Gasteiger partial charge in [-0.1, -0.05) is 44.2 Å². The average molecular weight is 405 g/mol. The van der Waals surface area contributed by atoms with E-state index in [4.69, 9.17) is 4.98 Å². The summed E-state index contributed by atoms with van der Waals surface area (Å²) < 4.78 is 1.77. The quantitative estimate of drug-likeness (QED) is 0.684. The Bertz CT molecular complexity index is 1100. The lowest BCUT2D eigenvalue weighted by atomic mass is 10.1. The minimum atomic E-state index is -0.136. The van der Waals surface area contributed by atoms with E-state index in [0.717, 1.165) is 31.5 Å². The van der Waals surface area contributed by atoms with Crippen LogP contribution < -0.4 is 15.8 Å². The van der Waals surface area contributed by atoms with Crippen LogP contribution in [-0.4, -0.2) is 35.1 Å². The Morgan fingerprint density at radius 2 is 1.83 bits per heavy atom. The van der Waals surface area contributed by atoms with E-state index in [1.807, 2.05) is 30.3 Å². The lowest BCUT2D eigenvalue weighted by Gasteiger charge is -2.22. The van der Waals surface area contributed by atoms with E-state index in [1.54, 1.807) is 22.8 Å². The van der Waals surface area contributed by atoms with Crippen molar-refractivity contribution >= 4 is 22.8 Å². The summed E-state index contributed by atoms with van der Waals surface area (Å²) in [6.07, 6.45) is 2.19. The number of benzene rings is 2. The fraction of sp³-hybridized carbons (Fsp3) is 0.375. The number of carbonyl (C=O) groups is 1. The number of rotatable bonds is 6. The number of anilines is 1. The zero-order chi connectivity index (χ0) is 21.1. The molecule has 1 aliphatic rings. The third kappa shape index (κ3) is 4.22. The summed E-state index contributed by atoms with van der Waals surface area (Å²) in [5.74, 6) is 0.927. The molecule has 0 spiro atoms. The summed E-state index contributed by atoms with van der Waals surface area (Å²) in [6, 6.07) is 15.1. The van der Waals surface area contributed by atoms with Gasteiger partial charge in [-0.15, -0.1) is 0 Å². The topological polar surface area (TPSA) is 67.2 Å². The third-order valence-corrected chi connectivity index (χ3v) is 5.44. The second kappa shape index (κ2) is 8.69. The molecule has 0 saturated carbocycles. The molecule has 156 valence electrons. The van der Waals surface area contributed by atoms with Gasteiger partial charge in [0, 0.05) is 25.2 Å². The van der Waals surface area contributed by atoms with Crippen LogP contribution >= 0.6 is 0 Å². The van der Waals surface area contributed by atoms with E-state index in [2.05, 4.69) is 24.1 Å². The molecule has 1 aliphatic heterocycles. The first-order chi connectivity index (χ1) is 14.5. The number of nitrogens with zero attached hydrogens (tertiary/aromatic N) is 3. The Labute approximate surface area is 176 Å². The molecule has 2 heterocycles. The molecule has 4 rings (SSSR count). The Hall–Kier alpha value is -3.15. The normalized spacial score (nSPS) is 13.9. The van der Waals surface area contributed by atoms with Gasteiger partial charge in [-0.05, 0) is 42.5 Å². The van der Waals surface area contributed by atoms with Crippen molar-refractivity contribution in [1.82, 2.24) is 14.9 Å². The smallest absolute Gasteiger partial charge is 0.263 e. The molecule has 0 radical (unpaired) electrons. The summed E-state index contributed by atoms with van der Waals surface area (Å²) >= 11 is 0. The van der Waals surface area contributed by atoms with Gasteiger partial charge in [-0.3, -0.25) is 14.2 Å². The second-order valence-electron chi connectivity index (χ2n) is 8.32. The van der Waals surface area contributed by atoms with Crippen LogP contribution in [0.3, 0.4) is 0 Å². The molecule has 6 heteroatoms. The maximum Gasteiger partial charge on any atom is 0.263 e. The van der Waals surface area contributed by atoms with Crippen LogP contribution in [0.5, 0.6) is 0 Å². The van der Waals surface area contributed by atoms with Gasteiger partial charge in [0.15, 0.2) is 0 Å². The molecule has 0 bridgehead atoms. The number of aromatic nitrogens is 2. The van der Waals surface area contributed by atoms with E-state index in [-0.39, 0.29) is 11.5 Å². The fourth-order valence-electron chi connectivity index (χ4n) is 3.82.